The molecule has 6 heteroatoms. The lowest BCUT2D eigenvalue weighted by molar-refractivity contribution is -0.139. The maximum atomic E-state index is 11.9. The lowest BCUT2D eigenvalue weighted by Gasteiger charge is -2.13. The van der Waals surface area contributed by atoms with E-state index in [1.165, 1.54) is 11.3 Å². The lowest BCUT2D eigenvalue weighted by Crippen LogP contribution is -2.40. The summed E-state index contributed by atoms with van der Waals surface area (Å²) in [5.74, 6) is -1.31. The standard InChI is InChI=1S/C12H16BrNO3S/c1-2-3-4-5-9(12(16)17)14-11(15)10-8(13)6-7-18-10/h6-7,9H,2-5H2,1H3,(H,14,15)(H,16,17)/t9-/m1/s1. The van der Waals surface area contributed by atoms with Gasteiger partial charge in [0.1, 0.15) is 10.9 Å². The molecule has 0 aliphatic rings. The van der Waals surface area contributed by atoms with Gasteiger partial charge in [-0.25, -0.2) is 4.79 Å². The van der Waals surface area contributed by atoms with E-state index in [9.17, 15) is 9.59 Å². The second kappa shape index (κ2) is 7.53. The highest BCUT2D eigenvalue weighted by Crippen LogP contribution is 2.22. The Bertz CT molecular complexity index is 419. The average Bonchev–Trinajstić information content (AvgIpc) is 2.74. The second-order valence-electron chi connectivity index (χ2n) is 3.96. The predicted octanol–water partition coefficient (Wildman–Crippen LogP) is 3.27. The Hall–Kier alpha value is -0.880. The van der Waals surface area contributed by atoms with Gasteiger partial charge < -0.3 is 10.4 Å². The van der Waals surface area contributed by atoms with E-state index in [0.717, 1.165) is 19.3 Å². The molecule has 18 heavy (non-hydrogen) atoms. The number of aliphatic carboxylic acids is 1. The molecule has 0 radical (unpaired) electrons. The summed E-state index contributed by atoms with van der Waals surface area (Å²) in [7, 11) is 0. The van der Waals surface area contributed by atoms with Gasteiger partial charge in [0.2, 0.25) is 0 Å². The van der Waals surface area contributed by atoms with Crippen molar-refractivity contribution in [1.82, 2.24) is 5.32 Å². The van der Waals surface area contributed by atoms with Crippen LogP contribution in [-0.4, -0.2) is 23.0 Å². The van der Waals surface area contributed by atoms with Crippen LogP contribution < -0.4 is 5.32 Å². The van der Waals surface area contributed by atoms with E-state index >= 15 is 0 Å². The van der Waals surface area contributed by atoms with Crippen molar-refractivity contribution in [3.63, 3.8) is 0 Å². The Kier molecular flexibility index (Phi) is 6.35. The van der Waals surface area contributed by atoms with E-state index in [1.807, 2.05) is 0 Å². The summed E-state index contributed by atoms with van der Waals surface area (Å²) in [6.07, 6.45) is 3.27. The summed E-state index contributed by atoms with van der Waals surface area (Å²) in [4.78, 5) is 23.5. The number of carboxylic acid groups (broad SMARTS) is 1. The van der Waals surface area contributed by atoms with Crippen LogP contribution in [-0.2, 0) is 4.79 Å². The van der Waals surface area contributed by atoms with Gasteiger partial charge in [-0.2, -0.15) is 0 Å². The third-order valence-electron chi connectivity index (χ3n) is 2.52. The Labute approximate surface area is 119 Å². The summed E-state index contributed by atoms with van der Waals surface area (Å²) < 4.78 is 0.697. The number of rotatable bonds is 7. The van der Waals surface area contributed by atoms with Crippen LogP contribution in [0.4, 0.5) is 0 Å². The number of amides is 1. The molecule has 0 saturated heterocycles. The molecule has 0 aliphatic carbocycles. The first kappa shape index (κ1) is 15.2. The summed E-state index contributed by atoms with van der Waals surface area (Å²) in [6, 6.07) is 0.963. The molecule has 0 spiro atoms. The fourth-order valence-electron chi connectivity index (χ4n) is 1.54. The second-order valence-corrected chi connectivity index (χ2v) is 5.73. The zero-order valence-electron chi connectivity index (χ0n) is 10.1. The molecule has 0 bridgehead atoms. The first-order valence-corrected chi connectivity index (χ1v) is 7.50. The third-order valence-corrected chi connectivity index (χ3v) is 4.36. The Morgan fingerprint density at radius 2 is 2.22 bits per heavy atom. The van der Waals surface area contributed by atoms with E-state index in [0.29, 0.717) is 15.8 Å². The summed E-state index contributed by atoms with van der Waals surface area (Å²) >= 11 is 4.55. The zero-order valence-corrected chi connectivity index (χ0v) is 12.5. The van der Waals surface area contributed by atoms with Gasteiger partial charge in [-0.3, -0.25) is 4.79 Å². The van der Waals surface area contributed by atoms with Crippen LogP contribution in [0.5, 0.6) is 0 Å². The van der Waals surface area contributed by atoms with E-state index < -0.39 is 12.0 Å². The van der Waals surface area contributed by atoms with Crippen molar-refractivity contribution in [2.75, 3.05) is 0 Å². The quantitative estimate of drug-likeness (QED) is 0.752. The molecule has 1 heterocycles. The summed E-state index contributed by atoms with van der Waals surface area (Å²) in [5.41, 5.74) is 0. The van der Waals surface area contributed by atoms with Gasteiger partial charge in [0.05, 0.1) is 0 Å². The minimum atomic E-state index is -0.980. The van der Waals surface area contributed by atoms with Gasteiger partial charge in [-0.1, -0.05) is 26.2 Å². The molecule has 1 aromatic rings. The number of hydrogen-bond donors (Lipinski definition) is 2. The number of nitrogens with one attached hydrogen (secondary N) is 1. The number of carboxylic acids is 1. The molecule has 4 nitrogen and oxygen atoms in total. The van der Waals surface area contributed by atoms with Crippen molar-refractivity contribution in [2.24, 2.45) is 0 Å². The SMILES string of the molecule is CCCCC[C@@H](NC(=O)c1sccc1Br)C(=O)O. The molecule has 1 amide bonds. The number of carbonyl (C=O) groups excluding carboxylic acids is 1. The number of hydrogen-bond acceptors (Lipinski definition) is 3. The highest BCUT2D eigenvalue weighted by atomic mass is 79.9. The van der Waals surface area contributed by atoms with Crippen molar-refractivity contribution in [3.8, 4) is 0 Å². The monoisotopic (exact) mass is 333 g/mol. The number of unbranched alkanes of at least 4 members (excludes halogenated alkanes) is 2. The van der Waals surface area contributed by atoms with Crippen molar-refractivity contribution in [1.29, 1.82) is 0 Å². The Morgan fingerprint density at radius 3 is 2.72 bits per heavy atom. The van der Waals surface area contributed by atoms with Crippen LogP contribution in [0.25, 0.3) is 0 Å². The number of thiophene rings is 1. The fraction of sp³-hybridized carbons (Fsp3) is 0.500. The normalized spacial score (nSPS) is 12.1. The minimum absolute atomic E-state index is 0.333. The predicted molar refractivity (Wildman–Crippen MR) is 75.1 cm³/mol. The van der Waals surface area contributed by atoms with Gasteiger partial charge >= 0.3 is 5.97 Å². The molecule has 1 rings (SSSR count). The maximum absolute atomic E-state index is 11.9. The van der Waals surface area contributed by atoms with Crippen LogP contribution in [0, 0.1) is 0 Å². The minimum Gasteiger partial charge on any atom is -0.480 e. The van der Waals surface area contributed by atoms with E-state index in [1.54, 1.807) is 11.4 Å². The highest BCUT2D eigenvalue weighted by molar-refractivity contribution is 9.10. The molecular formula is C12H16BrNO3S. The number of carbonyl (C=O) groups is 2. The van der Waals surface area contributed by atoms with Crippen LogP contribution in [0.2, 0.25) is 0 Å². The van der Waals surface area contributed by atoms with Crippen LogP contribution in [0.1, 0.15) is 42.3 Å². The molecule has 0 aliphatic heterocycles. The summed E-state index contributed by atoms with van der Waals surface area (Å²) in [5, 5.41) is 13.4. The maximum Gasteiger partial charge on any atom is 0.326 e. The number of halogens is 1. The van der Waals surface area contributed by atoms with Crippen molar-refractivity contribution < 1.29 is 14.7 Å². The van der Waals surface area contributed by atoms with Gasteiger partial charge in [-0.05, 0) is 33.8 Å². The molecule has 1 aromatic heterocycles. The van der Waals surface area contributed by atoms with Gasteiger partial charge in [0.15, 0.2) is 0 Å². The summed E-state index contributed by atoms with van der Waals surface area (Å²) in [6.45, 7) is 2.05. The van der Waals surface area contributed by atoms with Crippen molar-refractivity contribution in [2.45, 2.75) is 38.6 Å². The smallest absolute Gasteiger partial charge is 0.326 e. The zero-order chi connectivity index (χ0) is 13.5. The van der Waals surface area contributed by atoms with E-state index in [-0.39, 0.29) is 5.91 Å². The third kappa shape index (κ3) is 4.42. The largest absolute Gasteiger partial charge is 0.480 e. The average molecular weight is 334 g/mol. The molecule has 0 unspecified atom stereocenters. The van der Waals surface area contributed by atoms with E-state index in [4.69, 9.17) is 5.11 Å². The molecule has 0 saturated carbocycles. The Balaban J connectivity index is 2.58. The molecule has 100 valence electrons. The van der Waals surface area contributed by atoms with Crippen LogP contribution >= 0.6 is 27.3 Å². The van der Waals surface area contributed by atoms with Gasteiger partial charge in [0.25, 0.3) is 5.91 Å². The highest BCUT2D eigenvalue weighted by Gasteiger charge is 2.21. The molecular weight excluding hydrogens is 318 g/mol. The van der Waals surface area contributed by atoms with Crippen LogP contribution in [0.3, 0.4) is 0 Å². The topological polar surface area (TPSA) is 66.4 Å². The fourth-order valence-corrected chi connectivity index (χ4v) is 2.99. The first-order chi connectivity index (χ1) is 8.56. The molecule has 1 atom stereocenters. The van der Waals surface area contributed by atoms with E-state index in [2.05, 4.69) is 28.2 Å². The van der Waals surface area contributed by atoms with Gasteiger partial charge in [-0.15, -0.1) is 11.3 Å². The first-order valence-electron chi connectivity index (χ1n) is 5.83. The van der Waals surface area contributed by atoms with Crippen molar-refractivity contribution >= 4 is 39.1 Å². The molecule has 2 N–H and O–H groups in total. The Morgan fingerprint density at radius 1 is 1.50 bits per heavy atom. The molecule has 0 aromatic carbocycles. The van der Waals surface area contributed by atoms with Crippen LogP contribution in [0.15, 0.2) is 15.9 Å². The lowest BCUT2D eigenvalue weighted by atomic mass is 10.1. The molecule has 0 fully saturated rings. The van der Waals surface area contributed by atoms with Crippen molar-refractivity contribution in [3.05, 3.63) is 20.8 Å². The van der Waals surface area contributed by atoms with Gasteiger partial charge in [0, 0.05) is 4.47 Å².